The van der Waals surface area contributed by atoms with Crippen molar-refractivity contribution in [1.29, 1.82) is 0 Å². The van der Waals surface area contributed by atoms with Gasteiger partial charge in [-0.3, -0.25) is 29.0 Å². The number of carbonyl (C=O) groups is 4. The molecule has 2 aliphatic heterocycles. The second-order valence-corrected chi connectivity index (χ2v) is 5.96. The zero-order chi connectivity index (χ0) is 14.6. The van der Waals surface area contributed by atoms with Gasteiger partial charge in [0.2, 0.25) is 23.6 Å². The Bertz CT molecular complexity index is 473. The summed E-state index contributed by atoms with van der Waals surface area (Å²) < 4.78 is 0. The first-order valence-corrected chi connectivity index (χ1v) is 7.14. The molecule has 2 saturated heterocycles. The Labute approximate surface area is 117 Å². The van der Waals surface area contributed by atoms with Gasteiger partial charge in [-0.25, -0.2) is 0 Å². The Kier molecular flexibility index (Phi) is 2.92. The summed E-state index contributed by atoms with van der Waals surface area (Å²) in [7, 11) is 1.48. The number of hydrogen-bond acceptors (Lipinski definition) is 4. The molecular weight excluding hydrogens is 260 g/mol. The van der Waals surface area contributed by atoms with Crippen LogP contribution < -0.4 is 0 Å². The van der Waals surface area contributed by atoms with Gasteiger partial charge in [0.15, 0.2) is 0 Å². The fourth-order valence-electron chi connectivity index (χ4n) is 3.85. The van der Waals surface area contributed by atoms with Crippen molar-refractivity contribution in [3.63, 3.8) is 0 Å². The molecule has 1 aliphatic carbocycles. The van der Waals surface area contributed by atoms with Crippen molar-refractivity contribution in [2.75, 3.05) is 13.6 Å². The fourth-order valence-corrected chi connectivity index (χ4v) is 3.85. The van der Waals surface area contributed by atoms with E-state index in [0.717, 1.165) is 11.3 Å². The lowest BCUT2D eigenvalue weighted by Crippen LogP contribution is -2.35. The molecule has 3 fully saturated rings. The van der Waals surface area contributed by atoms with E-state index in [1.165, 1.54) is 11.9 Å². The molecule has 6 nitrogen and oxygen atoms in total. The zero-order valence-corrected chi connectivity index (χ0v) is 11.7. The van der Waals surface area contributed by atoms with Gasteiger partial charge in [-0.05, 0) is 19.3 Å². The fraction of sp³-hybridized carbons (Fsp3) is 0.714. The minimum atomic E-state index is -0.410. The largest absolute Gasteiger partial charge is 0.285 e. The summed E-state index contributed by atoms with van der Waals surface area (Å²) in [5.41, 5.74) is 0. The average Bonchev–Trinajstić information content (AvgIpc) is 2.80. The van der Waals surface area contributed by atoms with Gasteiger partial charge in [0, 0.05) is 13.6 Å². The maximum absolute atomic E-state index is 12.3. The summed E-state index contributed by atoms with van der Waals surface area (Å²) in [5, 5.41) is 0. The number of fused-ring (bicyclic) bond motifs is 2. The van der Waals surface area contributed by atoms with Crippen molar-refractivity contribution in [3.8, 4) is 0 Å². The summed E-state index contributed by atoms with van der Waals surface area (Å²) in [6.07, 6.45) is 1.41. The standard InChI is InChI=1S/C14H18N2O4/c1-3-4-16-13(19)9-5-7-8(6-10(9)14(16)20)12(18)15(2)11(7)17/h7-10H,3-6H2,1-2H3. The van der Waals surface area contributed by atoms with Gasteiger partial charge in [-0.1, -0.05) is 6.92 Å². The molecule has 0 aromatic rings. The predicted molar refractivity (Wildman–Crippen MR) is 68.0 cm³/mol. The third-order valence-electron chi connectivity index (χ3n) is 4.90. The summed E-state index contributed by atoms with van der Waals surface area (Å²) in [5.74, 6) is -2.35. The zero-order valence-electron chi connectivity index (χ0n) is 11.7. The smallest absolute Gasteiger partial charge is 0.233 e. The average molecular weight is 278 g/mol. The molecule has 6 heteroatoms. The number of imide groups is 2. The van der Waals surface area contributed by atoms with Crippen LogP contribution in [0.1, 0.15) is 26.2 Å². The van der Waals surface area contributed by atoms with Crippen LogP contribution in [0.4, 0.5) is 0 Å². The molecule has 0 aromatic carbocycles. The van der Waals surface area contributed by atoms with E-state index in [0.29, 0.717) is 19.4 Å². The van der Waals surface area contributed by atoms with Gasteiger partial charge in [0.1, 0.15) is 0 Å². The highest BCUT2D eigenvalue weighted by atomic mass is 16.2. The lowest BCUT2D eigenvalue weighted by atomic mass is 9.70. The Balaban J connectivity index is 1.88. The predicted octanol–water partition coefficient (Wildman–Crippen LogP) is 0.0224. The molecule has 3 rings (SSSR count). The third kappa shape index (κ3) is 1.57. The van der Waals surface area contributed by atoms with Gasteiger partial charge in [-0.15, -0.1) is 0 Å². The quantitative estimate of drug-likeness (QED) is 0.667. The number of likely N-dealkylation sites (tertiary alicyclic amines) is 2. The number of hydrogen-bond donors (Lipinski definition) is 0. The topological polar surface area (TPSA) is 74.8 Å². The Hall–Kier alpha value is -1.72. The second-order valence-electron chi connectivity index (χ2n) is 5.96. The van der Waals surface area contributed by atoms with Crippen molar-refractivity contribution in [2.24, 2.45) is 23.7 Å². The van der Waals surface area contributed by atoms with Crippen molar-refractivity contribution in [2.45, 2.75) is 26.2 Å². The minimum absolute atomic E-state index is 0.157. The highest BCUT2D eigenvalue weighted by Crippen LogP contribution is 2.47. The number of nitrogens with zero attached hydrogens (tertiary/aromatic N) is 2. The molecule has 4 unspecified atom stereocenters. The van der Waals surface area contributed by atoms with Crippen LogP contribution in [0.25, 0.3) is 0 Å². The maximum atomic E-state index is 12.3. The van der Waals surface area contributed by atoms with Crippen LogP contribution in [0.2, 0.25) is 0 Å². The lowest BCUT2D eigenvalue weighted by Gasteiger charge is -2.28. The van der Waals surface area contributed by atoms with Crippen LogP contribution in [-0.2, 0) is 19.2 Å². The highest BCUT2D eigenvalue weighted by molar-refractivity contribution is 6.09. The molecule has 20 heavy (non-hydrogen) atoms. The van der Waals surface area contributed by atoms with Gasteiger partial charge in [0.25, 0.3) is 0 Å². The molecule has 0 radical (unpaired) electrons. The van der Waals surface area contributed by atoms with E-state index in [2.05, 4.69) is 0 Å². The maximum Gasteiger partial charge on any atom is 0.233 e. The second kappa shape index (κ2) is 4.40. The Morgan fingerprint density at radius 3 is 1.65 bits per heavy atom. The van der Waals surface area contributed by atoms with Crippen molar-refractivity contribution >= 4 is 23.6 Å². The van der Waals surface area contributed by atoms with E-state index >= 15 is 0 Å². The first kappa shape index (κ1) is 13.3. The van der Waals surface area contributed by atoms with Gasteiger partial charge < -0.3 is 0 Å². The molecule has 0 aromatic heterocycles. The summed E-state index contributed by atoms with van der Waals surface area (Å²) in [6, 6.07) is 0. The van der Waals surface area contributed by atoms with Crippen LogP contribution in [0, 0.1) is 23.7 Å². The Morgan fingerprint density at radius 1 is 0.850 bits per heavy atom. The van der Waals surface area contributed by atoms with Crippen LogP contribution in [0.3, 0.4) is 0 Å². The molecule has 0 spiro atoms. The minimum Gasteiger partial charge on any atom is -0.285 e. The van der Waals surface area contributed by atoms with E-state index in [1.807, 2.05) is 6.92 Å². The first-order chi connectivity index (χ1) is 9.47. The SMILES string of the molecule is CCCN1C(=O)C2CC3C(=O)N(C)C(=O)C3CC2C1=O. The molecule has 2 heterocycles. The van der Waals surface area contributed by atoms with Crippen LogP contribution in [0.15, 0.2) is 0 Å². The van der Waals surface area contributed by atoms with E-state index < -0.39 is 23.7 Å². The third-order valence-corrected chi connectivity index (χ3v) is 4.90. The summed E-state index contributed by atoms with van der Waals surface area (Å²) >= 11 is 0. The van der Waals surface area contributed by atoms with Gasteiger partial charge in [0.05, 0.1) is 23.7 Å². The van der Waals surface area contributed by atoms with Crippen LogP contribution in [0.5, 0.6) is 0 Å². The van der Waals surface area contributed by atoms with Gasteiger partial charge >= 0.3 is 0 Å². The monoisotopic (exact) mass is 278 g/mol. The van der Waals surface area contributed by atoms with Crippen molar-refractivity contribution in [1.82, 2.24) is 9.80 Å². The molecular formula is C14H18N2O4. The summed E-state index contributed by atoms with van der Waals surface area (Å²) in [4.78, 5) is 51.1. The Morgan fingerprint density at radius 2 is 1.25 bits per heavy atom. The molecule has 1 saturated carbocycles. The van der Waals surface area contributed by atoms with E-state index in [1.54, 1.807) is 0 Å². The van der Waals surface area contributed by atoms with E-state index in [-0.39, 0.29) is 23.6 Å². The number of amides is 4. The molecule has 3 aliphatic rings. The van der Waals surface area contributed by atoms with Crippen molar-refractivity contribution in [3.05, 3.63) is 0 Å². The van der Waals surface area contributed by atoms with Crippen LogP contribution in [-0.4, -0.2) is 47.0 Å². The molecule has 0 bridgehead atoms. The highest BCUT2D eigenvalue weighted by Gasteiger charge is 2.58. The molecule has 0 N–H and O–H groups in total. The molecule has 4 amide bonds. The molecule has 108 valence electrons. The summed E-state index contributed by atoms with van der Waals surface area (Å²) in [6.45, 7) is 2.35. The lowest BCUT2D eigenvalue weighted by molar-refractivity contribution is -0.139. The van der Waals surface area contributed by atoms with Crippen molar-refractivity contribution < 1.29 is 19.2 Å². The first-order valence-electron chi connectivity index (χ1n) is 7.14. The van der Waals surface area contributed by atoms with Gasteiger partial charge in [-0.2, -0.15) is 0 Å². The number of rotatable bonds is 2. The van der Waals surface area contributed by atoms with E-state index in [4.69, 9.17) is 0 Å². The molecule has 4 atom stereocenters. The number of carbonyl (C=O) groups excluding carboxylic acids is 4. The van der Waals surface area contributed by atoms with Crippen LogP contribution >= 0.6 is 0 Å². The van der Waals surface area contributed by atoms with E-state index in [9.17, 15) is 19.2 Å². The normalized spacial score (nSPS) is 36.7.